The quantitative estimate of drug-likeness (QED) is 0.384. The Bertz CT molecular complexity index is 581. The van der Waals surface area contributed by atoms with Gasteiger partial charge in [-0.05, 0) is 61.5 Å². The second-order valence-electron chi connectivity index (χ2n) is 9.01. The van der Waals surface area contributed by atoms with E-state index < -0.39 is 0 Å². The monoisotopic (exact) mass is 454 g/mol. The Morgan fingerprint density at radius 3 is 2.60 bits per heavy atom. The fourth-order valence-corrected chi connectivity index (χ4v) is 7.57. The number of thioether (sulfide) groups is 2. The Morgan fingerprint density at radius 1 is 1.20 bits per heavy atom. The van der Waals surface area contributed by atoms with E-state index in [0.29, 0.717) is 17.8 Å². The van der Waals surface area contributed by atoms with Crippen molar-refractivity contribution in [2.45, 2.75) is 76.3 Å². The zero-order chi connectivity index (χ0) is 22.0. The van der Waals surface area contributed by atoms with Crippen molar-refractivity contribution in [1.29, 1.82) is 0 Å². The predicted octanol–water partition coefficient (Wildman–Crippen LogP) is 6.44. The van der Waals surface area contributed by atoms with Crippen molar-refractivity contribution in [2.24, 2.45) is 17.8 Å². The van der Waals surface area contributed by atoms with E-state index >= 15 is 0 Å². The third-order valence-electron chi connectivity index (χ3n) is 6.13. The van der Waals surface area contributed by atoms with E-state index in [2.05, 4.69) is 58.1 Å². The number of aliphatic hydroxyl groups excluding tert-OH is 1. The van der Waals surface area contributed by atoms with Crippen molar-refractivity contribution in [3.63, 3.8) is 0 Å². The van der Waals surface area contributed by atoms with Gasteiger partial charge in [0, 0.05) is 26.1 Å². The SMILES string of the molecule is CO[C@@H](C[C@@H]1CC[C@@H](C)C2(O1)SCCCS2)/C(C)=C/C=C/C=C/[C@@H](C)C[C@@H](C)CO. The summed E-state index contributed by atoms with van der Waals surface area (Å²) in [4.78, 5) is 0. The molecule has 0 aromatic heterocycles. The Morgan fingerprint density at radius 2 is 1.93 bits per heavy atom. The molecule has 0 aromatic rings. The van der Waals surface area contributed by atoms with Crippen LogP contribution in [0.2, 0.25) is 0 Å². The van der Waals surface area contributed by atoms with Gasteiger partial charge in [-0.3, -0.25) is 0 Å². The summed E-state index contributed by atoms with van der Waals surface area (Å²) in [5, 5.41) is 9.16. The van der Waals surface area contributed by atoms with Gasteiger partial charge in [0.25, 0.3) is 0 Å². The lowest BCUT2D eigenvalue weighted by Gasteiger charge is -2.47. The second-order valence-corrected chi connectivity index (χ2v) is 11.9. The van der Waals surface area contributed by atoms with Crippen molar-refractivity contribution in [3.8, 4) is 0 Å². The van der Waals surface area contributed by atoms with Crippen LogP contribution in [0.15, 0.2) is 36.0 Å². The minimum Gasteiger partial charge on any atom is -0.396 e. The molecule has 0 aromatic carbocycles. The Hall–Kier alpha value is -0.200. The molecule has 3 nitrogen and oxygen atoms in total. The first-order valence-electron chi connectivity index (χ1n) is 11.5. The molecule has 30 heavy (non-hydrogen) atoms. The van der Waals surface area contributed by atoms with Gasteiger partial charge in [-0.1, -0.05) is 51.2 Å². The van der Waals surface area contributed by atoms with Gasteiger partial charge in [-0.15, -0.1) is 23.5 Å². The van der Waals surface area contributed by atoms with Crippen LogP contribution in [-0.4, -0.2) is 46.8 Å². The zero-order valence-corrected chi connectivity index (χ0v) is 21.1. The molecule has 2 heterocycles. The van der Waals surface area contributed by atoms with Crippen molar-refractivity contribution in [3.05, 3.63) is 36.0 Å². The first-order chi connectivity index (χ1) is 14.4. The Balaban J connectivity index is 1.87. The highest BCUT2D eigenvalue weighted by Gasteiger charge is 2.45. The molecule has 1 N–H and O–H groups in total. The summed E-state index contributed by atoms with van der Waals surface area (Å²) in [7, 11) is 1.81. The first kappa shape index (κ1) is 26.1. The first-order valence-corrected chi connectivity index (χ1v) is 13.5. The van der Waals surface area contributed by atoms with E-state index in [0.717, 1.165) is 19.3 Å². The fourth-order valence-electron chi connectivity index (χ4n) is 4.20. The molecule has 0 bridgehead atoms. The number of rotatable bonds is 10. The van der Waals surface area contributed by atoms with Crippen molar-refractivity contribution in [2.75, 3.05) is 25.2 Å². The summed E-state index contributed by atoms with van der Waals surface area (Å²) >= 11 is 4.04. The minimum atomic E-state index is -0.0357. The topological polar surface area (TPSA) is 38.7 Å². The van der Waals surface area contributed by atoms with Gasteiger partial charge in [-0.2, -0.15) is 0 Å². The van der Waals surface area contributed by atoms with Crippen LogP contribution in [0.1, 0.15) is 59.8 Å². The Kier molecular flexibility index (Phi) is 11.6. The summed E-state index contributed by atoms with van der Waals surface area (Å²) in [5.74, 6) is 3.87. The average Bonchev–Trinajstić information content (AvgIpc) is 2.74. The highest BCUT2D eigenvalue weighted by molar-refractivity contribution is 8.18. The maximum Gasteiger partial charge on any atom is 0.163 e. The molecule has 5 atom stereocenters. The van der Waals surface area contributed by atoms with Gasteiger partial charge in [0.1, 0.15) is 0 Å². The fraction of sp³-hybridized carbons (Fsp3) is 0.760. The third-order valence-corrected chi connectivity index (χ3v) is 9.62. The van der Waals surface area contributed by atoms with Crippen LogP contribution in [-0.2, 0) is 9.47 Å². The molecular formula is C25H42O3S2. The van der Waals surface area contributed by atoms with Crippen molar-refractivity contribution in [1.82, 2.24) is 0 Å². The summed E-state index contributed by atoms with van der Waals surface area (Å²) in [6.07, 6.45) is 16.6. The van der Waals surface area contributed by atoms with Crippen LogP contribution >= 0.6 is 23.5 Å². The maximum absolute atomic E-state index is 9.16. The maximum atomic E-state index is 9.16. The summed E-state index contributed by atoms with van der Waals surface area (Å²) < 4.78 is 12.5. The van der Waals surface area contributed by atoms with Crippen LogP contribution in [0.5, 0.6) is 0 Å². The Labute approximate surface area is 193 Å². The lowest BCUT2D eigenvalue weighted by atomic mass is 9.94. The molecule has 1 spiro atoms. The average molecular weight is 455 g/mol. The normalized spacial score (nSPS) is 28.3. The number of allylic oxidation sites excluding steroid dienone is 5. The molecule has 0 unspecified atom stereocenters. The zero-order valence-electron chi connectivity index (χ0n) is 19.5. The van der Waals surface area contributed by atoms with Crippen molar-refractivity contribution >= 4 is 23.5 Å². The second kappa shape index (κ2) is 13.4. The van der Waals surface area contributed by atoms with Gasteiger partial charge in [0.15, 0.2) is 4.27 Å². The summed E-state index contributed by atoms with van der Waals surface area (Å²) in [6.45, 7) is 9.04. The van der Waals surface area contributed by atoms with E-state index in [1.165, 1.54) is 29.9 Å². The van der Waals surface area contributed by atoms with E-state index in [-0.39, 0.29) is 23.1 Å². The van der Waals surface area contributed by atoms with Gasteiger partial charge in [0.2, 0.25) is 0 Å². The van der Waals surface area contributed by atoms with Crippen LogP contribution in [0.25, 0.3) is 0 Å². The molecule has 172 valence electrons. The number of hydrogen-bond donors (Lipinski definition) is 1. The largest absolute Gasteiger partial charge is 0.396 e. The molecule has 2 aliphatic heterocycles. The molecular weight excluding hydrogens is 412 g/mol. The molecule has 2 fully saturated rings. The lowest BCUT2D eigenvalue weighted by molar-refractivity contribution is -0.0705. The highest BCUT2D eigenvalue weighted by atomic mass is 32.2. The summed E-state index contributed by atoms with van der Waals surface area (Å²) in [5.41, 5.74) is 1.24. The van der Waals surface area contributed by atoms with Crippen LogP contribution in [0, 0.1) is 17.8 Å². The highest BCUT2D eigenvalue weighted by Crippen LogP contribution is 2.53. The van der Waals surface area contributed by atoms with Gasteiger partial charge < -0.3 is 14.6 Å². The standard InChI is InChI=1S/C25H42O3S2/c1-19(16-20(2)18-26)10-7-6-8-11-21(3)24(27-5)17-23-13-12-22(4)25(28-23)29-14-9-15-30-25/h6-8,10-11,19-20,22-24,26H,9,12-18H2,1-5H3/b8-6+,10-7+,21-11+/t19-,20-,22-,23+,24+/m1/s1. The molecule has 0 aliphatic carbocycles. The van der Waals surface area contributed by atoms with Gasteiger partial charge >= 0.3 is 0 Å². The van der Waals surface area contributed by atoms with E-state index in [9.17, 15) is 0 Å². The van der Waals surface area contributed by atoms with Crippen molar-refractivity contribution < 1.29 is 14.6 Å². The number of ether oxygens (including phenoxy) is 2. The number of aliphatic hydroxyl groups is 1. The van der Waals surface area contributed by atoms with Crippen LogP contribution in [0.4, 0.5) is 0 Å². The molecule has 2 rings (SSSR count). The van der Waals surface area contributed by atoms with Crippen LogP contribution in [0.3, 0.4) is 0 Å². The van der Waals surface area contributed by atoms with E-state index in [1.54, 1.807) is 7.11 Å². The molecule has 0 radical (unpaired) electrons. The van der Waals surface area contributed by atoms with E-state index in [4.69, 9.17) is 14.6 Å². The number of hydrogen-bond acceptors (Lipinski definition) is 5. The third kappa shape index (κ3) is 8.05. The van der Waals surface area contributed by atoms with Gasteiger partial charge in [0.05, 0.1) is 12.2 Å². The molecule has 0 amide bonds. The molecule has 5 heteroatoms. The molecule has 2 saturated heterocycles. The smallest absolute Gasteiger partial charge is 0.163 e. The van der Waals surface area contributed by atoms with Crippen LogP contribution < -0.4 is 0 Å². The summed E-state index contributed by atoms with van der Waals surface area (Å²) in [6, 6.07) is 0. The lowest BCUT2D eigenvalue weighted by Crippen LogP contribution is -2.44. The van der Waals surface area contributed by atoms with Gasteiger partial charge in [-0.25, -0.2) is 0 Å². The minimum absolute atomic E-state index is 0.0357. The predicted molar refractivity (Wildman–Crippen MR) is 133 cm³/mol. The van der Waals surface area contributed by atoms with E-state index in [1.807, 2.05) is 23.5 Å². The molecule has 0 saturated carbocycles. The number of methoxy groups -OCH3 is 1. The molecule has 2 aliphatic rings.